The number of aliphatic hydroxyl groups is 1. The van der Waals surface area contributed by atoms with E-state index < -0.39 is 5.60 Å². The molecule has 7 nitrogen and oxygen atoms in total. The van der Waals surface area contributed by atoms with Crippen LogP contribution in [0, 0.1) is 0 Å². The van der Waals surface area contributed by atoms with Gasteiger partial charge < -0.3 is 10.0 Å². The predicted octanol–water partition coefficient (Wildman–Crippen LogP) is 3.48. The molecule has 0 unspecified atom stereocenters. The Bertz CT molecular complexity index is 1390. The summed E-state index contributed by atoms with van der Waals surface area (Å²) in [5, 5.41) is 16.0. The molecule has 33 heavy (non-hydrogen) atoms. The number of halogens is 1. The van der Waals surface area contributed by atoms with Crippen molar-refractivity contribution in [1.29, 1.82) is 0 Å². The van der Waals surface area contributed by atoms with E-state index in [1.54, 1.807) is 29.3 Å². The Hall–Kier alpha value is -3.42. The minimum absolute atomic E-state index is 0.0747. The van der Waals surface area contributed by atoms with Crippen LogP contribution in [0.25, 0.3) is 16.6 Å². The summed E-state index contributed by atoms with van der Waals surface area (Å²) in [6.07, 6.45) is 3.92. The van der Waals surface area contributed by atoms with Gasteiger partial charge in [0.15, 0.2) is 0 Å². The van der Waals surface area contributed by atoms with Crippen LogP contribution < -0.4 is 5.56 Å². The van der Waals surface area contributed by atoms with Crippen LogP contribution in [0.2, 0.25) is 5.02 Å². The predicted molar refractivity (Wildman–Crippen MR) is 126 cm³/mol. The van der Waals surface area contributed by atoms with Gasteiger partial charge in [-0.1, -0.05) is 35.9 Å². The van der Waals surface area contributed by atoms with Crippen LogP contribution in [0.4, 0.5) is 0 Å². The van der Waals surface area contributed by atoms with E-state index in [0.29, 0.717) is 42.0 Å². The molecule has 0 radical (unpaired) electrons. The smallest absolute Gasteiger partial charge is 0.277 e. The van der Waals surface area contributed by atoms with Crippen molar-refractivity contribution in [2.75, 3.05) is 13.1 Å². The van der Waals surface area contributed by atoms with Gasteiger partial charge in [-0.2, -0.15) is 5.10 Å². The number of aromatic nitrogens is 3. The second-order valence-corrected chi connectivity index (χ2v) is 8.95. The maximum Gasteiger partial charge on any atom is 0.277 e. The van der Waals surface area contributed by atoms with Crippen LogP contribution in [0.15, 0.2) is 78.0 Å². The molecule has 3 heterocycles. The highest BCUT2D eigenvalue weighted by Gasteiger charge is 2.35. The molecule has 0 bridgehead atoms. The van der Waals surface area contributed by atoms with Crippen molar-refractivity contribution >= 4 is 23.0 Å². The van der Waals surface area contributed by atoms with E-state index in [1.165, 1.54) is 15.4 Å². The van der Waals surface area contributed by atoms with E-state index in [-0.39, 0.29) is 18.0 Å². The van der Waals surface area contributed by atoms with Crippen LogP contribution in [0.1, 0.15) is 23.2 Å². The van der Waals surface area contributed by atoms with Gasteiger partial charge in [0.05, 0.1) is 12.1 Å². The number of carbonyl (C=O) groups excluding carboxylic acids is 1. The molecular formula is C25H23ClN4O3. The van der Waals surface area contributed by atoms with Gasteiger partial charge in [-0.15, -0.1) is 0 Å². The fraction of sp³-hybridized carbons (Fsp3) is 0.240. The van der Waals surface area contributed by atoms with Gasteiger partial charge >= 0.3 is 0 Å². The number of hydrogen-bond acceptors (Lipinski definition) is 4. The highest BCUT2D eigenvalue weighted by Crippen LogP contribution is 2.27. The van der Waals surface area contributed by atoms with Crippen LogP contribution in [-0.2, 0) is 6.54 Å². The molecule has 2 aromatic carbocycles. The lowest BCUT2D eigenvalue weighted by Crippen LogP contribution is -2.49. The van der Waals surface area contributed by atoms with E-state index in [1.807, 2.05) is 42.5 Å². The zero-order valence-corrected chi connectivity index (χ0v) is 18.7. The van der Waals surface area contributed by atoms with Gasteiger partial charge in [-0.3, -0.25) is 14.2 Å². The van der Waals surface area contributed by atoms with Gasteiger partial charge in [0.25, 0.3) is 11.5 Å². The molecule has 168 valence electrons. The molecule has 4 aromatic rings. The van der Waals surface area contributed by atoms with E-state index in [4.69, 9.17) is 11.6 Å². The summed E-state index contributed by atoms with van der Waals surface area (Å²) in [4.78, 5) is 27.5. The van der Waals surface area contributed by atoms with Crippen molar-refractivity contribution in [2.24, 2.45) is 0 Å². The molecule has 1 aliphatic heterocycles. The molecule has 0 spiro atoms. The highest BCUT2D eigenvalue weighted by molar-refractivity contribution is 6.30. The average molecular weight is 463 g/mol. The van der Waals surface area contributed by atoms with E-state index in [2.05, 4.69) is 5.10 Å². The number of rotatable bonds is 4. The molecule has 8 heteroatoms. The first-order chi connectivity index (χ1) is 15.9. The zero-order valence-electron chi connectivity index (χ0n) is 17.9. The molecular weight excluding hydrogens is 440 g/mol. The molecule has 1 N–H and O–H groups in total. The number of benzene rings is 2. The summed E-state index contributed by atoms with van der Waals surface area (Å²) >= 11 is 6.11. The summed E-state index contributed by atoms with van der Waals surface area (Å²) in [5.74, 6) is -0.0747. The fourth-order valence-corrected chi connectivity index (χ4v) is 4.55. The lowest BCUT2D eigenvalue weighted by atomic mass is 9.90. The third kappa shape index (κ3) is 4.29. The molecule has 0 atom stereocenters. The topological polar surface area (TPSA) is 79.8 Å². The van der Waals surface area contributed by atoms with Gasteiger partial charge in [0.1, 0.15) is 11.8 Å². The number of hydrogen-bond donors (Lipinski definition) is 1. The Labute approximate surface area is 195 Å². The molecule has 1 amide bonds. The highest BCUT2D eigenvalue weighted by atomic mass is 35.5. The van der Waals surface area contributed by atoms with Crippen molar-refractivity contribution in [3.63, 3.8) is 0 Å². The number of piperidine rings is 1. The van der Waals surface area contributed by atoms with Crippen LogP contribution in [0.3, 0.4) is 0 Å². The molecule has 0 aliphatic carbocycles. The first kappa shape index (κ1) is 21.4. The largest absolute Gasteiger partial charge is 0.388 e. The lowest BCUT2D eigenvalue weighted by molar-refractivity contribution is -0.0300. The second-order valence-electron chi connectivity index (χ2n) is 8.51. The van der Waals surface area contributed by atoms with Gasteiger partial charge in [-0.05, 0) is 60.4 Å². The average Bonchev–Trinajstić information content (AvgIpc) is 3.31. The minimum Gasteiger partial charge on any atom is -0.388 e. The summed E-state index contributed by atoms with van der Waals surface area (Å²) in [5.41, 5.74) is 1.66. The monoisotopic (exact) mass is 462 g/mol. The first-order valence-electron chi connectivity index (χ1n) is 10.8. The number of carbonyl (C=O) groups is 1. The lowest BCUT2D eigenvalue weighted by Gasteiger charge is -2.38. The third-order valence-electron chi connectivity index (χ3n) is 6.24. The fourth-order valence-electron chi connectivity index (χ4n) is 4.36. The van der Waals surface area contributed by atoms with Crippen LogP contribution in [0.5, 0.6) is 0 Å². The van der Waals surface area contributed by atoms with Crippen molar-refractivity contribution < 1.29 is 9.90 Å². The first-order valence-corrected chi connectivity index (χ1v) is 11.2. The Kier molecular flexibility index (Phi) is 5.52. The number of likely N-dealkylation sites (tertiary alicyclic amines) is 1. The van der Waals surface area contributed by atoms with E-state index in [0.717, 1.165) is 11.1 Å². The Morgan fingerprint density at radius 3 is 2.52 bits per heavy atom. The molecule has 1 fully saturated rings. The number of fused-ring (bicyclic) bond motifs is 1. The molecule has 1 saturated heterocycles. The summed E-state index contributed by atoms with van der Waals surface area (Å²) in [7, 11) is 0. The molecule has 1 aliphatic rings. The zero-order chi connectivity index (χ0) is 23.0. The summed E-state index contributed by atoms with van der Waals surface area (Å²) < 4.78 is 2.96. The Morgan fingerprint density at radius 2 is 1.76 bits per heavy atom. The van der Waals surface area contributed by atoms with Crippen molar-refractivity contribution in [1.82, 2.24) is 19.1 Å². The van der Waals surface area contributed by atoms with Crippen molar-refractivity contribution in [2.45, 2.75) is 25.0 Å². The number of amides is 1. The maximum absolute atomic E-state index is 13.1. The van der Waals surface area contributed by atoms with E-state index in [9.17, 15) is 14.7 Å². The molecule has 5 rings (SSSR count). The molecule has 2 aromatic heterocycles. The third-order valence-corrected chi connectivity index (χ3v) is 6.47. The maximum atomic E-state index is 13.1. The van der Waals surface area contributed by atoms with Gasteiger partial charge in [0, 0.05) is 29.9 Å². The van der Waals surface area contributed by atoms with Crippen LogP contribution >= 0.6 is 11.6 Å². The van der Waals surface area contributed by atoms with Crippen LogP contribution in [-0.4, -0.2) is 48.8 Å². The molecule has 0 saturated carbocycles. The Balaban J connectivity index is 1.28. The normalized spacial score (nSPS) is 15.6. The summed E-state index contributed by atoms with van der Waals surface area (Å²) in [6.45, 7) is 0.964. The van der Waals surface area contributed by atoms with Crippen molar-refractivity contribution in [3.8, 4) is 11.1 Å². The SMILES string of the molecule is O=C(c1cccc(-c2cccc(Cl)c2)c1)N1CCC(O)(Cn2cnn3cccc3c2=O)CC1. The van der Waals surface area contributed by atoms with Crippen molar-refractivity contribution in [3.05, 3.63) is 94.1 Å². The van der Waals surface area contributed by atoms with Gasteiger partial charge in [0.2, 0.25) is 0 Å². The minimum atomic E-state index is -1.07. The number of nitrogens with zero attached hydrogens (tertiary/aromatic N) is 4. The standard InChI is InChI=1S/C25H23ClN4O3/c26-21-7-2-5-19(15-21)18-4-1-6-20(14-18)23(31)28-12-9-25(33,10-13-28)16-29-17-27-30-11-3-8-22(30)24(29)32/h1-8,11,14-15,17,33H,9-10,12-13,16H2. The Morgan fingerprint density at radius 1 is 1.03 bits per heavy atom. The van der Waals surface area contributed by atoms with E-state index >= 15 is 0 Å². The summed E-state index contributed by atoms with van der Waals surface area (Å²) in [6, 6.07) is 18.5. The second kappa shape index (κ2) is 8.50. The van der Waals surface area contributed by atoms with Gasteiger partial charge in [-0.25, -0.2) is 4.52 Å². The quantitative estimate of drug-likeness (QED) is 0.503.